The molecule has 0 fully saturated rings. The lowest BCUT2D eigenvalue weighted by Gasteiger charge is -2.40. The van der Waals surface area contributed by atoms with Gasteiger partial charge in [-0.15, -0.1) is 0 Å². The maximum atomic E-state index is 13.7. The number of aromatic nitrogens is 5. The van der Waals surface area contributed by atoms with E-state index in [1.165, 1.54) is 11.9 Å². The molecule has 8 nitrogen and oxygen atoms in total. The summed E-state index contributed by atoms with van der Waals surface area (Å²) >= 11 is 0. The third-order valence-electron chi connectivity index (χ3n) is 6.14. The number of imidazole rings is 1. The monoisotopic (exact) mass is 485 g/mol. The molecule has 0 saturated heterocycles. The predicted molar refractivity (Wildman–Crippen MR) is 141 cm³/mol. The van der Waals surface area contributed by atoms with Crippen LogP contribution in [-0.4, -0.2) is 48.2 Å². The zero-order valence-electron chi connectivity index (χ0n) is 21.3. The molecule has 0 aliphatic carbocycles. The summed E-state index contributed by atoms with van der Waals surface area (Å²) in [5.41, 5.74) is 8.70. The van der Waals surface area contributed by atoms with Crippen molar-refractivity contribution in [3.63, 3.8) is 0 Å². The van der Waals surface area contributed by atoms with E-state index in [1.54, 1.807) is 11.0 Å². The van der Waals surface area contributed by atoms with Gasteiger partial charge in [-0.25, -0.2) is 14.6 Å². The molecular formula is C28H35N7O. The molecule has 0 bridgehead atoms. The molecule has 1 atom stereocenters. The highest BCUT2D eigenvalue weighted by Gasteiger charge is 2.38. The Morgan fingerprint density at radius 3 is 2.36 bits per heavy atom. The Hall–Kier alpha value is -3.78. The number of hydrogen-bond donors (Lipinski definition) is 1. The molecule has 2 aromatic heterocycles. The molecule has 0 spiro atoms. The lowest BCUT2D eigenvalue weighted by Crippen LogP contribution is -2.45. The first-order chi connectivity index (χ1) is 17.4. The van der Waals surface area contributed by atoms with Crippen LogP contribution < -0.4 is 5.73 Å². The fourth-order valence-electron chi connectivity index (χ4n) is 4.50. The second-order valence-electron chi connectivity index (χ2n) is 10.1. The van der Waals surface area contributed by atoms with Crippen LogP contribution in [0.3, 0.4) is 0 Å². The van der Waals surface area contributed by atoms with Crippen LogP contribution in [0.4, 0.5) is 0 Å². The summed E-state index contributed by atoms with van der Waals surface area (Å²) in [5, 5.41) is 4.14. The molecule has 0 aliphatic rings. The van der Waals surface area contributed by atoms with Gasteiger partial charge in [0, 0.05) is 24.8 Å². The molecular weight excluding hydrogens is 450 g/mol. The number of amides is 1. The molecule has 0 radical (unpaired) electrons. The molecule has 1 amide bonds. The number of carbonyl (C=O) groups excluding carboxylic acids is 1. The Bertz CT molecular complexity index is 1230. The minimum Gasteiger partial charge on any atom is -0.330 e. The Morgan fingerprint density at radius 2 is 1.75 bits per heavy atom. The van der Waals surface area contributed by atoms with Gasteiger partial charge in [0.25, 0.3) is 0 Å². The molecule has 8 heteroatoms. The van der Waals surface area contributed by atoms with Crippen molar-refractivity contribution < 1.29 is 4.79 Å². The van der Waals surface area contributed by atoms with E-state index in [4.69, 9.17) is 10.7 Å². The first-order valence-electron chi connectivity index (χ1n) is 12.3. The van der Waals surface area contributed by atoms with E-state index in [0.29, 0.717) is 26.1 Å². The Labute approximate surface area is 212 Å². The summed E-state index contributed by atoms with van der Waals surface area (Å²) < 4.78 is 3.75. The van der Waals surface area contributed by atoms with E-state index in [1.807, 2.05) is 41.3 Å². The number of nitrogens with two attached hydrogens (primary N) is 1. The average Bonchev–Trinajstić information content (AvgIpc) is 3.52. The normalized spacial score (nSPS) is 12.4. The van der Waals surface area contributed by atoms with Crippen LogP contribution in [0.1, 0.15) is 44.6 Å². The topological polar surface area (TPSA) is 94.9 Å². The molecule has 36 heavy (non-hydrogen) atoms. The van der Waals surface area contributed by atoms with Gasteiger partial charge >= 0.3 is 0 Å². The van der Waals surface area contributed by atoms with Crippen molar-refractivity contribution in [2.75, 3.05) is 13.1 Å². The maximum absolute atomic E-state index is 13.7. The molecule has 2 heterocycles. The van der Waals surface area contributed by atoms with Gasteiger partial charge in [0.05, 0.1) is 11.7 Å². The van der Waals surface area contributed by atoms with Crippen molar-refractivity contribution in [3.05, 3.63) is 90.9 Å². The summed E-state index contributed by atoms with van der Waals surface area (Å²) in [6, 6.07) is 20.2. The largest absolute Gasteiger partial charge is 0.330 e. The smallest absolute Gasteiger partial charge is 0.245 e. The van der Waals surface area contributed by atoms with Gasteiger partial charge in [0.1, 0.15) is 25.0 Å². The van der Waals surface area contributed by atoms with Crippen LogP contribution in [0, 0.1) is 5.41 Å². The molecule has 1 unspecified atom stereocenters. The first-order valence-corrected chi connectivity index (χ1v) is 12.3. The fraction of sp³-hybridized carbons (Fsp3) is 0.357. The predicted octanol–water partition coefficient (Wildman–Crippen LogP) is 4.15. The highest BCUT2D eigenvalue weighted by atomic mass is 16.2. The third-order valence-corrected chi connectivity index (χ3v) is 6.14. The minimum absolute atomic E-state index is 0.0376. The van der Waals surface area contributed by atoms with Gasteiger partial charge in [-0.05, 0) is 23.9 Å². The maximum Gasteiger partial charge on any atom is 0.245 e. The summed E-state index contributed by atoms with van der Waals surface area (Å²) in [6.45, 7) is 8.26. The van der Waals surface area contributed by atoms with E-state index in [-0.39, 0.29) is 23.9 Å². The van der Waals surface area contributed by atoms with Gasteiger partial charge < -0.3 is 15.2 Å². The molecule has 0 saturated carbocycles. The lowest BCUT2D eigenvalue weighted by atomic mass is 9.84. The number of benzene rings is 2. The summed E-state index contributed by atoms with van der Waals surface area (Å²) in [7, 11) is 0. The molecule has 2 aromatic carbocycles. The van der Waals surface area contributed by atoms with Crippen molar-refractivity contribution >= 4 is 5.91 Å². The van der Waals surface area contributed by atoms with E-state index in [2.05, 4.69) is 65.9 Å². The van der Waals surface area contributed by atoms with Crippen LogP contribution >= 0.6 is 0 Å². The van der Waals surface area contributed by atoms with Crippen LogP contribution in [0.25, 0.3) is 11.3 Å². The SMILES string of the molecule is CC(C)(C)C(c1nc(-c2ccccc2)cn1Cc1ccccc1)N(CCCN)C(=O)Cn1cncn1. The second kappa shape index (κ2) is 11.3. The van der Waals surface area contributed by atoms with E-state index in [0.717, 1.165) is 17.1 Å². The van der Waals surface area contributed by atoms with Crippen LogP contribution in [-0.2, 0) is 17.9 Å². The minimum atomic E-state index is -0.291. The van der Waals surface area contributed by atoms with Gasteiger partial charge in [0.15, 0.2) is 0 Å². The van der Waals surface area contributed by atoms with Crippen molar-refractivity contribution in [2.24, 2.45) is 11.1 Å². The standard InChI is InChI=1S/C28H35N7O/c1-28(2,3)26(35(16-10-15-29)25(36)19-34-21-30-20-31-34)27-32-24(23-13-8-5-9-14-23)18-33(27)17-22-11-6-4-7-12-22/h4-9,11-14,18,20-21,26H,10,15-17,19,29H2,1-3H3. The fourth-order valence-corrected chi connectivity index (χ4v) is 4.50. The highest BCUT2D eigenvalue weighted by molar-refractivity contribution is 5.76. The van der Waals surface area contributed by atoms with Crippen LogP contribution in [0.5, 0.6) is 0 Å². The lowest BCUT2D eigenvalue weighted by molar-refractivity contribution is -0.137. The Morgan fingerprint density at radius 1 is 1.06 bits per heavy atom. The molecule has 2 N–H and O–H groups in total. The Balaban J connectivity index is 1.81. The summed E-state index contributed by atoms with van der Waals surface area (Å²) in [6.07, 6.45) is 5.80. The molecule has 4 aromatic rings. The number of hydrogen-bond acceptors (Lipinski definition) is 5. The summed E-state index contributed by atoms with van der Waals surface area (Å²) in [4.78, 5) is 24.8. The average molecular weight is 486 g/mol. The zero-order chi connectivity index (χ0) is 25.5. The van der Waals surface area contributed by atoms with Gasteiger partial charge in [0.2, 0.25) is 5.91 Å². The van der Waals surface area contributed by atoms with Gasteiger partial charge in [-0.1, -0.05) is 81.4 Å². The molecule has 4 rings (SSSR count). The first kappa shape index (κ1) is 25.3. The second-order valence-corrected chi connectivity index (χ2v) is 10.1. The number of rotatable bonds is 10. The van der Waals surface area contributed by atoms with Crippen LogP contribution in [0.2, 0.25) is 0 Å². The quantitative estimate of drug-likeness (QED) is 0.364. The number of carbonyl (C=O) groups is 1. The third kappa shape index (κ3) is 6.07. The van der Waals surface area contributed by atoms with Crippen molar-refractivity contribution in [1.82, 2.24) is 29.2 Å². The van der Waals surface area contributed by atoms with Crippen molar-refractivity contribution in [2.45, 2.75) is 46.3 Å². The van der Waals surface area contributed by atoms with Gasteiger partial charge in [-0.3, -0.25) is 4.79 Å². The van der Waals surface area contributed by atoms with E-state index < -0.39 is 0 Å². The van der Waals surface area contributed by atoms with Gasteiger partial charge in [-0.2, -0.15) is 5.10 Å². The van der Waals surface area contributed by atoms with Crippen LogP contribution in [0.15, 0.2) is 79.5 Å². The van der Waals surface area contributed by atoms with Crippen molar-refractivity contribution in [3.8, 4) is 11.3 Å². The zero-order valence-corrected chi connectivity index (χ0v) is 21.3. The molecule has 188 valence electrons. The van der Waals surface area contributed by atoms with E-state index >= 15 is 0 Å². The summed E-state index contributed by atoms with van der Waals surface area (Å²) in [5.74, 6) is 0.818. The highest BCUT2D eigenvalue weighted by Crippen LogP contribution is 2.39. The number of nitrogens with zero attached hydrogens (tertiary/aromatic N) is 6. The molecule has 0 aliphatic heterocycles. The van der Waals surface area contributed by atoms with E-state index in [9.17, 15) is 4.79 Å². The Kier molecular flexibility index (Phi) is 7.95. The van der Waals surface area contributed by atoms with Crippen molar-refractivity contribution in [1.29, 1.82) is 0 Å².